The molecular formula is C40H38O8. The minimum Gasteiger partial charge on any atom is -0.425 e. The van der Waals surface area contributed by atoms with Crippen molar-refractivity contribution in [3.63, 3.8) is 0 Å². The predicted octanol–water partition coefficient (Wildman–Crippen LogP) is 8.90. The van der Waals surface area contributed by atoms with Gasteiger partial charge in [-0.15, -0.1) is 0 Å². The van der Waals surface area contributed by atoms with Gasteiger partial charge in [-0.05, 0) is 48.6 Å². The fourth-order valence-electron chi connectivity index (χ4n) is 5.43. The highest BCUT2D eigenvalue weighted by atomic mass is 16.6. The van der Waals surface area contributed by atoms with Crippen molar-refractivity contribution in [2.45, 2.75) is 53.9 Å². The van der Waals surface area contributed by atoms with E-state index < -0.39 is 23.9 Å². The molecule has 0 spiro atoms. The molecule has 8 nitrogen and oxygen atoms in total. The minimum absolute atomic E-state index is 0.0110. The number of benzene rings is 5. The molecule has 0 N–H and O–H groups in total. The molecule has 5 aromatic carbocycles. The summed E-state index contributed by atoms with van der Waals surface area (Å²) < 4.78 is 24.4. The zero-order valence-electron chi connectivity index (χ0n) is 27.7. The van der Waals surface area contributed by atoms with Crippen LogP contribution in [0.1, 0.15) is 73.7 Å². The van der Waals surface area contributed by atoms with Gasteiger partial charge in [0.15, 0.2) is 5.75 Å². The van der Waals surface area contributed by atoms with Crippen molar-refractivity contribution < 1.29 is 38.1 Å². The first-order valence-electron chi connectivity index (χ1n) is 16.1. The van der Waals surface area contributed by atoms with E-state index in [1.807, 2.05) is 34.6 Å². The van der Waals surface area contributed by atoms with Crippen LogP contribution in [0.5, 0.6) is 23.0 Å². The molecular weight excluding hydrogens is 608 g/mol. The van der Waals surface area contributed by atoms with Crippen LogP contribution >= 0.6 is 0 Å². The van der Waals surface area contributed by atoms with Gasteiger partial charge in [0.25, 0.3) is 0 Å². The second-order valence-corrected chi connectivity index (χ2v) is 12.3. The van der Waals surface area contributed by atoms with E-state index in [1.54, 1.807) is 91.0 Å². The maximum absolute atomic E-state index is 13.7. The Kier molecular flexibility index (Phi) is 10.5. The summed E-state index contributed by atoms with van der Waals surface area (Å²) in [6, 6.07) is 25.6. The Morgan fingerprint density at radius 3 is 1.50 bits per heavy atom. The molecule has 0 amide bonds. The lowest BCUT2D eigenvalue weighted by molar-refractivity contribution is -0.136. The largest absolute Gasteiger partial charge is 0.425 e. The summed E-state index contributed by atoms with van der Waals surface area (Å²) in [7, 11) is 0. The summed E-state index contributed by atoms with van der Waals surface area (Å²) >= 11 is 0. The van der Waals surface area contributed by atoms with Gasteiger partial charge in [-0.3, -0.25) is 9.59 Å². The van der Waals surface area contributed by atoms with Crippen molar-refractivity contribution in [3.05, 3.63) is 108 Å². The second kappa shape index (κ2) is 14.9. The molecule has 0 saturated carbocycles. The highest BCUT2D eigenvalue weighted by Crippen LogP contribution is 2.51. The number of ether oxygens (including phenoxy) is 4. The van der Waals surface area contributed by atoms with E-state index in [1.165, 1.54) is 0 Å². The second-order valence-electron chi connectivity index (χ2n) is 12.3. The van der Waals surface area contributed by atoms with Crippen molar-refractivity contribution >= 4 is 45.4 Å². The molecule has 0 unspecified atom stereocenters. The van der Waals surface area contributed by atoms with Crippen molar-refractivity contribution in [2.75, 3.05) is 0 Å². The van der Waals surface area contributed by atoms with Crippen LogP contribution in [0.15, 0.2) is 91.0 Å². The van der Waals surface area contributed by atoms with Gasteiger partial charge in [0.2, 0.25) is 0 Å². The van der Waals surface area contributed by atoms with E-state index >= 15 is 0 Å². The third-order valence-electron chi connectivity index (χ3n) is 7.58. The fourth-order valence-corrected chi connectivity index (χ4v) is 5.43. The van der Waals surface area contributed by atoms with Crippen molar-refractivity contribution in [3.8, 4) is 23.0 Å². The van der Waals surface area contributed by atoms with Crippen LogP contribution in [-0.4, -0.2) is 23.9 Å². The Morgan fingerprint density at radius 2 is 1.00 bits per heavy atom. The van der Waals surface area contributed by atoms with Crippen molar-refractivity contribution in [1.29, 1.82) is 0 Å². The summed E-state index contributed by atoms with van der Waals surface area (Å²) in [5, 5.41) is 1.46. The number of hydrogen-bond donors (Lipinski definition) is 0. The summed E-state index contributed by atoms with van der Waals surface area (Å²) in [5.74, 6) is -1.82. The molecule has 0 fully saturated rings. The van der Waals surface area contributed by atoms with Crippen LogP contribution in [-0.2, 0) is 16.0 Å². The third-order valence-corrected chi connectivity index (χ3v) is 7.58. The molecule has 0 aliphatic rings. The lowest BCUT2D eigenvalue weighted by Gasteiger charge is -2.22. The first kappa shape index (κ1) is 33.9. The Bertz CT molecular complexity index is 1980. The molecule has 8 heteroatoms. The average Bonchev–Trinajstić information content (AvgIpc) is 3.06. The van der Waals surface area contributed by atoms with Gasteiger partial charge in [-0.2, -0.15) is 0 Å². The average molecular weight is 647 g/mol. The molecule has 5 aromatic rings. The van der Waals surface area contributed by atoms with Gasteiger partial charge in [-0.1, -0.05) is 95.3 Å². The minimum atomic E-state index is -0.677. The van der Waals surface area contributed by atoms with Crippen LogP contribution in [0.4, 0.5) is 0 Å². The van der Waals surface area contributed by atoms with Crippen molar-refractivity contribution in [2.24, 2.45) is 11.8 Å². The van der Waals surface area contributed by atoms with E-state index in [-0.39, 0.29) is 70.4 Å². The number of carbonyl (C=O) groups is 4. The Labute approximate surface area is 279 Å². The van der Waals surface area contributed by atoms with E-state index in [4.69, 9.17) is 18.9 Å². The van der Waals surface area contributed by atoms with Gasteiger partial charge in [0.05, 0.1) is 16.5 Å². The van der Waals surface area contributed by atoms with E-state index in [9.17, 15) is 19.2 Å². The molecule has 0 atom stereocenters. The number of hydrogen-bond acceptors (Lipinski definition) is 8. The lowest BCUT2D eigenvalue weighted by Crippen LogP contribution is -2.16. The summed E-state index contributed by atoms with van der Waals surface area (Å²) in [4.78, 5) is 53.6. The smallest absolute Gasteiger partial charge is 0.343 e. The van der Waals surface area contributed by atoms with Crippen LogP contribution in [0.2, 0.25) is 0 Å². The molecule has 0 aliphatic carbocycles. The van der Waals surface area contributed by atoms with Crippen molar-refractivity contribution in [1.82, 2.24) is 0 Å². The fraction of sp³-hybridized carbons (Fsp3) is 0.250. The SMILES string of the molecule is CCc1c(OC(=O)c2ccccc2)cc2c(OC(=O)CC(C)C)c3ccccc3c(OC(=O)CC(C)C)c2c1OC(=O)c1ccccc1. The van der Waals surface area contributed by atoms with E-state index in [0.717, 1.165) is 0 Å². The molecule has 0 aliphatic heterocycles. The molecule has 0 bridgehead atoms. The topological polar surface area (TPSA) is 105 Å². The predicted molar refractivity (Wildman–Crippen MR) is 184 cm³/mol. The molecule has 0 heterocycles. The zero-order chi connectivity index (χ0) is 34.4. The van der Waals surface area contributed by atoms with Crippen LogP contribution in [0.3, 0.4) is 0 Å². The van der Waals surface area contributed by atoms with Crippen LogP contribution in [0, 0.1) is 11.8 Å². The number of rotatable bonds is 11. The van der Waals surface area contributed by atoms with Gasteiger partial charge in [-0.25, -0.2) is 9.59 Å². The quantitative estimate of drug-likeness (QED) is 0.0796. The molecule has 246 valence electrons. The van der Waals surface area contributed by atoms with Gasteiger partial charge < -0.3 is 18.9 Å². The highest BCUT2D eigenvalue weighted by molar-refractivity contribution is 6.16. The first-order valence-corrected chi connectivity index (χ1v) is 16.1. The monoisotopic (exact) mass is 646 g/mol. The maximum Gasteiger partial charge on any atom is 0.343 e. The molecule has 0 radical (unpaired) electrons. The molecule has 48 heavy (non-hydrogen) atoms. The van der Waals surface area contributed by atoms with Gasteiger partial charge in [0.1, 0.15) is 17.2 Å². The first-order chi connectivity index (χ1) is 23.1. The Hall–Kier alpha value is -5.50. The number of carbonyl (C=O) groups excluding carboxylic acids is 4. The summed E-state index contributed by atoms with van der Waals surface area (Å²) in [5.41, 5.74) is 0.974. The Balaban J connectivity index is 1.87. The van der Waals surface area contributed by atoms with Crippen LogP contribution < -0.4 is 18.9 Å². The normalized spacial score (nSPS) is 11.1. The van der Waals surface area contributed by atoms with Crippen LogP contribution in [0.25, 0.3) is 21.5 Å². The Morgan fingerprint density at radius 1 is 0.542 bits per heavy atom. The van der Waals surface area contributed by atoms with E-state index in [0.29, 0.717) is 21.9 Å². The van der Waals surface area contributed by atoms with Gasteiger partial charge in [0, 0.05) is 34.6 Å². The standard InChI is InChI=1S/C40H38O8/c1-6-28-32(45-39(43)26-15-9-7-10-16-26)23-31-35(37(28)48-40(44)27-17-11-8-12-18-27)38(47-34(42)22-25(4)5)30-20-14-13-19-29(30)36(31)46-33(41)21-24(2)3/h7-20,23-25H,6,21-22H2,1-5H3. The van der Waals surface area contributed by atoms with Gasteiger partial charge >= 0.3 is 23.9 Å². The molecule has 0 aromatic heterocycles. The zero-order valence-corrected chi connectivity index (χ0v) is 27.7. The number of esters is 4. The summed E-state index contributed by atoms with van der Waals surface area (Å²) in [6.45, 7) is 9.46. The lowest BCUT2D eigenvalue weighted by atomic mass is 9.95. The molecule has 0 saturated heterocycles. The third kappa shape index (κ3) is 7.55. The summed E-state index contributed by atoms with van der Waals surface area (Å²) in [6.07, 6.45) is 0.534. The van der Waals surface area contributed by atoms with E-state index in [2.05, 4.69) is 0 Å². The number of fused-ring (bicyclic) bond motifs is 2. The highest BCUT2D eigenvalue weighted by Gasteiger charge is 2.29. The maximum atomic E-state index is 13.7. The molecule has 5 rings (SSSR count).